The van der Waals surface area contributed by atoms with Crippen LogP contribution in [0.25, 0.3) is 28.2 Å². The summed E-state index contributed by atoms with van der Waals surface area (Å²) in [7, 11) is 0. The van der Waals surface area contributed by atoms with Gasteiger partial charge in [0.15, 0.2) is 0 Å². The quantitative estimate of drug-likeness (QED) is 0.296. The molecule has 10 heteroatoms. The lowest BCUT2D eigenvalue weighted by Crippen LogP contribution is -2.39. The SMILES string of the molecule is Cc1nnc(-c2cccc(-n3c(=O)n(C[C@H]4CC[C@H](NC(=O)c5cc(Cl)cnc5C)CC4)c4ccccc43)c2)o1. The Morgan fingerprint density at radius 3 is 2.55 bits per heavy atom. The standard InChI is InChI=1S/C30H29ClN6O3/c1-18-25(15-22(31)16-32-18)28(38)33-23-12-10-20(11-13-23)17-36-26-8-3-4-9-27(26)37(30(36)39)24-7-5-6-21(14-24)29-35-34-19(2)40-29/h3-9,14-16,20,23H,10-13,17H2,1-2H3,(H,33,38)/t20-,23-. The van der Waals surface area contributed by atoms with Gasteiger partial charge in [-0.25, -0.2) is 4.79 Å². The molecule has 0 aliphatic heterocycles. The van der Waals surface area contributed by atoms with Crippen LogP contribution in [0.4, 0.5) is 0 Å². The van der Waals surface area contributed by atoms with Crippen molar-refractivity contribution in [2.75, 3.05) is 0 Å². The van der Waals surface area contributed by atoms with E-state index in [1.165, 1.54) is 0 Å². The smallest absolute Gasteiger partial charge is 0.333 e. The number of para-hydroxylation sites is 2. The second-order valence-electron chi connectivity index (χ2n) is 10.4. The highest BCUT2D eigenvalue weighted by Gasteiger charge is 2.26. The monoisotopic (exact) mass is 556 g/mol. The number of carbonyl (C=O) groups is 1. The Balaban J connectivity index is 1.20. The summed E-state index contributed by atoms with van der Waals surface area (Å²) in [5.41, 5.74) is 4.32. The second kappa shape index (κ2) is 10.7. The van der Waals surface area contributed by atoms with Crippen molar-refractivity contribution in [2.45, 2.75) is 52.1 Å². The summed E-state index contributed by atoms with van der Waals surface area (Å²) in [6.45, 7) is 4.17. The van der Waals surface area contributed by atoms with Crippen LogP contribution in [-0.2, 0) is 6.54 Å². The van der Waals surface area contributed by atoms with Crippen LogP contribution < -0.4 is 11.0 Å². The summed E-state index contributed by atoms with van der Waals surface area (Å²) < 4.78 is 9.23. The van der Waals surface area contributed by atoms with Gasteiger partial charge in [-0.2, -0.15) is 0 Å². The summed E-state index contributed by atoms with van der Waals surface area (Å²) in [5, 5.41) is 11.6. The normalized spacial score (nSPS) is 17.3. The predicted octanol–water partition coefficient (Wildman–Crippen LogP) is 5.50. The first kappa shape index (κ1) is 26.0. The third kappa shape index (κ3) is 5.04. The number of imidazole rings is 1. The summed E-state index contributed by atoms with van der Waals surface area (Å²) >= 11 is 6.05. The first-order valence-electron chi connectivity index (χ1n) is 13.4. The van der Waals surface area contributed by atoms with Crippen molar-refractivity contribution in [1.29, 1.82) is 0 Å². The summed E-state index contributed by atoms with van der Waals surface area (Å²) in [5.74, 6) is 1.09. The van der Waals surface area contributed by atoms with Gasteiger partial charge in [0, 0.05) is 31.3 Å². The van der Waals surface area contributed by atoms with E-state index in [-0.39, 0.29) is 17.6 Å². The molecule has 40 heavy (non-hydrogen) atoms. The first-order chi connectivity index (χ1) is 19.4. The molecule has 1 amide bonds. The molecule has 1 aliphatic carbocycles. The van der Waals surface area contributed by atoms with Crippen LogP contribution in [0.1, 0.15) is 47.6 Å². The Hall–Kier alpha value is -4.24. The maximum Gasteiger partial charge on any atom is 0.333 e. The number of carbonyl (C=O) groups excluding carboxylic acids is 1. The maximum atomic E-state index is 13.8. The Bertz CT molecular complexity index is 1760. The van der Waals surface area contributed by atoms with E-state index >= 15 is 0 Å². The van der Waals surface area contributed by atoms with Crippen molar-refractivity contribution >= 4 is 28.5 Å². The number of fused-ring (bicyclic) bond motifs is 1. The number of halogens is 1. The van der Waals surface area contributed by atoms with Crippen LogP contribution in [-0.4, -0.2) is 36.3 Å². The number of hydrogen-bond acceptors (Lipinski definition) is 6. The molecule has 2 aromatic carbocycles. The summed E-state index contributed by atoms with van der Waals surface area (Å²) in [6, 6.07) is 17.2. The number of aromatic nitrogens is 5. The van der Waals surface area contributed by atoms with E-state index in [4.69, 9.17) is 16.0 Å². The lowest BCUT2D eigenvalue weighted by Gasteiger charge is -2.29. The first-order valence-corrected chi connectivity index (χ1v) is 13.8. The van der Waals surface area contributed by atoms with Gasteiger partial charge in [0.2, 0.25) is 11.8 Å². The second-order valence-corrected chi connectivity index (χ2v) is 10.8. The minimum atomic E-state index is -0.145. The lowest BCUT2D eigenvalue weighted by molar-refractivity contribution is 0.0919. The Kier molecular flexibility index (Phi) is 6.98. The topological polar surface area (TPSA) is 108 Å². The van der Waals surface area contributed by atoms with Crippen LogP contribution >= 0.6 is 11.6 Å². The number of amides is 1. The number of benzene rings is 2. The van der Waals surface area contributed by atoms with Gasteiger partial charge >= 0.3 is 5.69 Å². The molecule has 3 aromatic heterocycles. The fraction of sp³-hybridized carbons (Fsp3) is 0.300. The van der Waals surface area contributed by atoms with Crippen LogP contribution in [0.3, 0.4) is 0 Å². The molecule has 0 spiro atoms. The molecular formula is C30H29ClN6O3. The molecular weight excluding hydrogens is 528 g/mol. The van der Waals surface area contributed by atoms with Gasteiger partial charge in [0.25, 0.3) is 5.91 Å². The van der Waals surface area contributed by atoms with Crippen LogP contribution in [0.2, 0.25) is 5.02 Å². The summed E-state index contributed by atoms with van der Waals surface area (Å²) in [6.07, 6.45) is 5.07. The van der Waals surface area contributed by atoms with Gasteiger partial charge in [-0.05, 0) is 74.9 Å². The highest BCUT2D eigenvalue weighted by atomic mass is 35.5. The van der Waals surface area contributed by atoms with E-state index in [0.29, 0.717) is 40.5 Å². The number of nitrogens with one attached hydrogen (secondary N) is 1. The summed E-state index contributed by atoms with van der Waals surface area (Å²) in [4.78, 5) is 30.9. The van der Waals surface area contributed by atoms with E-state index in [9.17, 15) is 9.59 Å². The van der Waals surface area contributed by atoms with Crippen molar-refractivity contribution in [3.63, 3.8) is 0 Å². The third-order valence-electron chi connectivity index (χ3n) is 7.63. The van der Waals surface area contributed by atoms with Crippen molar-refractivity contribution in [3.8, 4) is 17.1 Å². The molecule has 0 bridgehead atoms. The maximum absolute atomic E-state index is 13.8. The Labute approximate surface area is 235 Å². The van der Waals surface area contributed by atoms with Gasteiger partial charge in [-0.3, -0.25) is 18.9 Å². The van der Waals surface area contributed by atoms with E-state index in [1.54, 1.807) is 30.7 Å². The molecule has 204 valence electrons. The number of rotatable bonds is 6. The largest absolute Gasteiger partial charge is 0.421 e. The molecule has 1 saturated carbocycles. The molecule has 0 unspecified atom stereocenters. The molecule has 0 saturated heterocycles. The molecule has 1 aliphatic rings. The minimum Gasteiger partial charge on any atom is -0.421 e. The van der Waals surface area contributed by atoms with Crippen molar-refractivity contribution in [2.24, 2.45) is 5.92 Å². The molecule has 3 heterocycles. The molecule has 0 radical (unpaired) electrons. The molecule has 0 atom stereocenters. The molecule has 1 N–H and O–H groups in total. The van der Waals surface area contributed by atoms with Crippen molar-refractivity contribution in [3.05, 3.63) is 93.4 Å². The van der Waals surface area contributed by atoms with Crippen LogP contribution in [0, 0.1) is 19.8 Å². The van der Waals surface area contributed by atoms with E-state index in [2.05, 4.69) is 20.5 Å². The lowest BCUT2D eigenvalue weighted by atomic mass is 9.85. The molecule has 6 rings (SSSR count). The van der Waals surface area contributed by atoms with Crippen molar-refractivity contribution < 1.29 is 9.21 Å². The molecule has 5 aromatic rings. The number of hydrogen-bond donors (Lipinski definition) is 1. The molecule has 1 fully saturated rings. The highest BCUT2D eigenvalue weighted by molar-refractivity contribution is 6.30. The van der Waals surface area contributed by atoms with Gasteiger partial charge in [0.05, 0.1) is 33.0 Å². The van der Waals surface area contributed by atoms with Gasteiger partial charge in [-0.15, -0.1) is 10.2 Å². The Morgan fingerprint density at radius 2 is 1.80 bits per heavy atom. The Morgan fingerprint density at radius 1 is 1.02 bits per heavy atom. The highest BCUT2D eigenvalue weighted by Crippen LogP contribution is 2.28. The van der Waals surface area contributed by atoms with Crippen LogP contribution in [0.5, 0.6) is 0 Å². The minimum absolute atomic E-state index is 0.0799. The van der Waals surface area contributed by atoms with Crippen molar-refractivity contribution in [1.82, 2.24) is 29.6 Å². The third-order valence-corrected chi connectivity index (χ3v) is 7.84. The van der Waals surface area contributed by atoms with E-state index < -0.39 is 0 Å². The molecule has 9 nitrogen and oxygen atoms in total. The zero-order valence-corrected chi connectivity index (χ0v) is 23.1. The van der Waals surface area contributed by atoms with Crippen LogP contribution in [0.15, 0.2) is 70.0 Å². The zero-order valence-electron chi connectivity index (χ0n) is 22.3. The van der Waals surface area contributed by atoms with E-state index in [0.717, 1.165) is 48.0 Å². The predicted molar refractivity (Wildman–Crippen MR) is 153 cm³/mol. The number of pyridine rings is 1. The van der Waals surface area contributed by atoms with Gasteiger partial charge in [-0.1, -0.05) is 29.8 Å². The fourth-order valence-electron chi connectivity index (χ4n) is 5.57. The fourth-order valence-corrected chi connectivity index (χ4v) is 5.73. The average molecular weight is 557 g/mol. The number of aryl methyl sites for hydroxylation is 2. The number of nitrogens with zero attached hydrogens (tertiary/aromatic N) is 5. The zero-order chi connectivity index (χ0) is 27.8. The average Bonchev–Trinajstić information content (AvgIpc) is 3.52. The van der Waals surface area contributed by atoms with Gasteiger partial charge < -0.3 is 9.73 Å². The van der Waals surface area contributed by atoms with Gasteiger partial charge in [0.1, 0.15) is 0 Å². The van der Waals surface area contributed by atoms with E-state index in [1.807, 2.05) is 53.1 Å².